The molecule has 2 atom stereocenters. The highest BCUT2D eigenvalue weighted by molar-refractivity contribution is 7.89. The molecule has 5 nitrogen and oxygen atoms in total. The van der Waals surface area contributed by atoms with Crippen molar-refractivity contribution in [3.05, 3.63) is 11.5 Å². The molecule has 19 heavy (non-hydrogen) atoms. The standard InChI is InChI=1S/C13H22N2O3S/c1-9-6-5-7-12(8-9)15(4)19(16,17)13-10(2)14-18-11(13)3/h9,12H,5-8H2,1-4H3/t9-,12-/m1/s1. The normalized spacial score (nSPS) is 24.9. The van der Waals surface area contributed by atoms with Gasteiger partial charge in [-0.05, 0) is 32.6 Å². The molecule has 1 aliphatic rings. The monoisotopic (exact) mass is 286 g/mol. The van der Waals surface area contributed by atoms with Crippen molar-refractivity contribution in [3.63, 3.8) is 0 Å². The van der Waals surface area contributed by atoms with Crippen LogP contribution < -0.4 is 0 Å². The summed E-state index contributed by atoms with van der Waals surface area (Å²) in [4.78, 5) is 0.230. The molecule has 2 rings (SSSR count). The van der Waals surface area contributed by atoms with E-state index in [0.29, 0.717) is 17.4 Å². The van der Waals surface area contributed by atoms with Gasteiger partial charge < -0.3 is 4.52 Å². The summed E-state index contributed by atoms with van der Waals surface area (Å²) in [6, 6.07) is 0.0856. The average Bonchev–Trinajstić information content (AvgIpc) is 2.68. The molecule has 1 heterocycles. The maximum atomic E-state index is 12.7. The first-order valence-electron chi connectivity index (χ1n) is 6.75. The molecule has 1 aromatic heterocycles. The Kier molecular flexibility index (Phi) is 4.01. The predicted octanol–water partition coefficient (Wildman–Crippen LogP) is 2.49. The highest BCUT2D eigenvalue weighted by atomic mass is 32.2. The molecule has 0 aromatic carbocycles. The number of nitrogens with zero attached hydrogens (tertiary/aromatic N) is 2. The van der Waals surface area contributed by atoms with Gasteiger partial charge in [0.25, 0.3) is 0 Å². The lowest BCUT2D eigenvalue weighted by atomic mass is 9.87. The van der Waals surface area contributed by atoms with E-state index in [1.807, 2.05) is 0 Å². The van der Waals surface area contributed by atoms with E-state index < -0.39 is 10.0 Å². The molecule has 0 saturated heterocycles. The maximum Gasteiger partial charge on any atom is 0.248 e. The predicted molar refractivity (Wildman–Crippen MR) is 72.3 cm³/mol. The van der Waals surface area contributed by atoms with Crippen LogP contribution in [0.4, 0.5) is 0 Å². The van der Waals surface area contributed by atoms with Crippen molar-refractivity contribution in [1.82, 2.24) is 9.46 Å². The second kappa shape index (κ2) is 5.25. The van der Waals surface area contributed by atoms with Crippen LogP contribution in [-0.4, -0.2) is 31.0 Å². The highest BCUT2D eigenvalue weighted by Gasteiger charge is 2.34. The lowest BCUT2D eigenvalue weighted by Gasteiger charge is -2.33. The van der Waals surface area contributed by atoms with Gasteiger partial charge in [-0.15, -0.1) is 0 Å². The van der Waals surface area contributed by atoms with Crippen LogP contribution in [0, 0.1) is 19.8 Å². The molecule has 108 valence electrons. The lowest BCUT2D eigenvalue weighted by molar-refractivity contribution is 0.239. The van der Waals surface area contributed by atoms with Crippen molar-refractivity contribution < 1.29 is 12.9 Å². The third kappa shape index (κ3) is 2.69. The van der Waals surface area contributed by atoms with E-state index in [4.69, 9.17) is 4.52 Å². The summed E-state index contributed by atoms with van der Waals surface area (Å²) in [6.07, 6.45) is 4.14. The summed E-state index contributed by atoms with van der Waals surface area (Å²) < 4.78 is 31.8. The van der Waals surface area contributed by atoms with Gasteiger partial charge in [-0.2, -0.15) is 4.31 Å². The average molecular weight is 286 g/mol. The summed E-state index contributed by atoms with van der Waals surface area (Å²) in [6.45, 7) is 5.49. The van der Waals surface area contributed by atoms with Crippen molar-refractivity contribution in [3.8, 4) is 0 Å². The molecule has 0 N–H and O–H groups in total. The fourth-order valence-electron chi connectivity index (χ4n) is 2.92. The first-order chi connectivity index (χ1) is 8.84. The van der Waals surface area contributed by atoms with Crippen LogP contribution in [0.1, 0.15) is 44.1 Å². The quantitative estimate of drug-likeness (QED) is 0.856. The van der Waals surface area contributed by atoms with Gasteiger partial charge in [0.1, 0.15) is 10.6 Å². The maximum absolute atomic E-state index is 12.7. The molecular formula is C13H22N2O3S. The summed E-state index contributed by atoms with van der Waals surface area (Å²) in [7, 11) is -1.83. The van der Waals surface area contributed by atoms with Crippen molar-refractivity contribution in [2.75, 3.05) is 7.05 Å². The van der Waals surface area contributed by atoms with E-state index in [-0.39, 0.29) is 10.9 Å². The Morgan fingerprint density at radius 3 is 2.53 bits per heavy atom. The number of sulfonamides is 1. The lowest BCUT2D eigenvalue weighted by Crippen LogP contribution is -2.40. The molecule has 0 unspecified atom stereocenters. The third-order valence-corrected chi connectivity index (χ3v) is 6.18. The first kappa shape index (κ1) is 14.5. The molecular weight excluding hydrogens is 264 g/mol. The molecule has 1 aliphatic carbocycles. The van der Waals surface area contributed by atoms with E-state index in [9.17, 15) is 8.42 Å². The second-order valence-corrected chi connectivity index (χ2v) is 7.53. The van der Waals surface area contributed by atoms with Gasteiger partial charge in [-0.25, -0.2) is 8.42 Å². The Bertz CT molecular complexity index is 531. The zero-order valence-electron chi connectivity index (χ0n) is 12.0. The topological polar surface area (TPSA) is 63.4 Å². The fourth-order valence-corrected chi connectivity index (χ4v) is 4.60. The van der Waals surface area contributed by atoms with Crippen LogP contribution in [0.5, 0.6) is 0 Å². The zero-order chi connectivity index (χ0) is 14.2. The van der Waals surface area contributed by atoms with Gasteiger partial charge >= 0.3 is 0 Å². The van der Waals surface area contributed by atoms with Crippen molar-refractivity contribution >= 4 is 10.0 Å². The SMILES string of the molecule is Cc1noc(C)c1S(=O)(=O)N(C)[C@@H]1CCC[C@@H](C)C1. The molecule has 0 radical (unpaired) electrons. The third-order valence-electron chi connectivity index (χ3n) is 4.03. The van der Waals surface area contributed by atoms with Crippen LogP contribution in [-0.2, 0) is 10.0 Å². The Morgan fingerprint density at radius 2 is 2.00 bits per heavy atom. The van der Waals surface area contributed by atoms with Crippen LogP contribution in [0.25, 0.3) is 0 Å². The fraction of sp³-hybridized carbons (Fsp3) is 0.769. The summed E-state index contributed by atoms with van der Waals surface area (Å²) in [5.74, 6) is 0.953. The molecule has 0 bridgehead atoms. The molecule has 6 heteroatoms. The highest BCUT2D eigenvalue weighted by Crippen LogP contribution is 2.31. The summed E-state index contributed by atoms with van der Waals surface area (Å²) in [5.41, 5.74) is 0.438. The van der Waals surface area contributed by atoms with E-state index in [1.54, 1.807) is 20.9 Å². The van der Waals surface area contributed by atoms with Crippen LogP contribution in [0.15, 0.2) is 9.42 Å². The molecule has 1 saturated carbocycles. The Morgan fingerprint density at radius 1 is 1.32 bits per heavy atom. The van der Waals surface area contributed by atoms with Gasteiger partial charge in [0.15, 0.2) is 5.76 Å². The molecule has 1 fully saturated rings. The van der Waals surface area contributed by atoms with Gasteiger partial charge in [-0.3, -0.25) is 0 Å². The molecule has 0 aliphatic heterocycles. The van der Waals surface area contributed by atoms with Crippen LogP contribution in [0.2, 0.25) is 0 Å². The van der Waals surface area contributed by atoms with Gasteiger partial charge in [0.2, 0.25) is 10.0 Å². The Balaban J connectivity index is 2.29. The Hall–Kier alpha value is -0.880. The number of aromatic nitrogens is 1. The zero-order valence-corrected chi connectivity index (χ0v) is 12.8. The molecule has 0 amide bonds. The van der Waals surface area contributed by atoms with Crippen molar-refractivity contribution in [1.29, 1.82) is 0 Å². The van der Waals surface area contributed by atoms with Gasteiger partial charge in [0.05, 0.1) is 0 Å². The van der Waals surface area contributed by atoms with Crippen molar-refractivity contribution in [2.24, 2.45) is 5.92 Å². The molecule has 1 aromatic rings. The Labute approximate surface area is 115 Å². The minimum absolute atomic E-state index is 0.0856. The number of aryl methyl sites for hydroxylation is 2. The minimum Gasteiger partial charge on any atom is -0.360 e. The van der Waals surface area contributed by atoms with Crippen LogP contribution >= 0.6 is 0 Å². The second-order valence-electron chi connectivity index (χ2n) is 5.60. The summed E-state index contributed by atoms with van der Waals surface area (Å²) >= 11 is 0. The number of hydrogen-bond acceptors (Lipinski definition) is 4. The number of rotatable bonds is 3. The van der Waals surface area contributed by atoms with Gasteiger partial charge in [0, 0.05) is 13.1 Å². The van der Waals surface area contributed by atoms with E-state index in [2.05, 4.69) is 12.1 Å². The smallest absolute Gasteiger partial charge is 0.248 e. The van der Waals surface area contributed by atoms with Crippen molar-refractivity contribution in [2.45, 2.75) is 57.4 Å². The van der Waals surface area contributed by atoms with E-state index in [1.165, 1.54) is 10.7 Å². The largest absolute Gasteiger partial charge is 0.360 e. The first-order valence-corrected chi connectivity index (χ1v) is 8.19. The van der Waals surface area contributed by atoms with E-state index >= 15 is 0 Å². The summed E-state index contributed by atoms with van der Waals surface area (Å²) in [5, 5.41) is 3.74. The minimum atomic E-state index is -3.50. The van der Waals surface area contributed by atoms with Crippen LogP contribution in [0.3, 0.4) is 0 Å². The number of hydrogen-bond donors (Lipinski definition) is 0. The van der Waals surface area contributed by atoms with E-state index in [0.717, 1.165) is 19.3 Å². The van der Waals surface area contributed by atoms with Gasteiger partial charge in [-0.1, -0.05) is 24.9 Å². The molecule has 0 spiro atoms.